The molecule has 21 heavy (non-hydrogen) atoms. The maximum absolute atomic E-state index is 11.4. The summed E-state index contributed by atoms with van der Waals surface area (Å²) < 4.78 is 5.81. The number of hydrogen-bond donors (Lipinski definition) is 2. The van der Waals surface area contributed by atoms with Crippen LogP contribution in [0.3, 0.4) is 0 Å². The van der Waals surface area contributed by atoms with Crippen LogP contribution in [0.2, 0.25) is 0 Å². The van der Waals surface area contributed by atoms with E-state index in [2.05, 4.69) is 5.32 Å². The van der Waals surface area contributed by atoms with Crippen molar-refractivity contribution in [3.63, 3.8) is 0 Å². The summed E-state index contributed by atoms with van der Waals surface area (Å²) in [4.78, 5) is 22.1. The minimum Gasteiger partial charge on any atom is -0.483 e. The van der Waals surface area contributed by atoms with E-state index in [4.69, 9.17) is 10.5 Å². The van der Waals surface area contributed by atoms with Crippen LogP contribution in [0.25, 0.3) is 0 Å². The van der Waals surface area contributed by atoms with Crippen LogP contribution in [0.1, 0.15) is 31.2 Å². The van der Waals surface area contributed by atoms with Crippen molar-refractivity contribution in [3.8, 4) is 5.75 Å². The first-order chi connectivity index (χ1) is 10.0. The SMILES string of the molecule is NC1CCCC(Oc2cc3c(cc2[N+](=O)[O-])CC(=O)N3)C1. The average molecular weight is 291 g/mol. The number of ether oxygens (including phenoxy) is 1. The number of hydrogen-bond acceptors (Lipinski definition) is 5. The smallest absolute Gasteiger partial charge is 0.311 e. The van der Waals surface area contributed by atoms with E-state index < -0.39 is 4.92 Å². The molecule has 0 radical (unpaired) electrons. The van der Waals surface area contributed by atoms with Gasteiger partial charge < -0.3 is 15.8 Å². The Balaban J connectivity index is 1.88. The summed E-state index contributed by atoms with van der Waals surface area (Å²) in [5.74, 6) is 0.0520. The van der Waals surface area contributed by atoms with Gasteiger partial charge in [0.2, 0.25) is 5.91 Å². The third kappa shape index (κ3) is 2.82. The number of rotatable bonds is 3. The quantitative estimate of drug-likeness (QED) is 0.651. The zero-order chi connectivity index (χ0) is 15.0. The fourth-order valence-corrected chi connectivity index (χ4v) is 2.95. The number of carbonyl (C=O) groups excluding carboxylic acids is 1. The number of nitro groups is 1. The molecule has 1 aromatic rings. The molecule has 1 fully saturated rings. The third-order valence-electron chi connectivity index (χ3n) is 3.97. The molecule has 3 N–H and O–H groups in total. The molecule has 112 valence electrons. The number of nitro benzene ring substituents is 1. The van der Waals surface area contributed by atoms with Gasteiger partial charge in [-0.3, -0.25) is 14.9 Å². The van der Waals surface area contributed by atoms with Crippen molar-refractivity contribution in [1.29, 1.82) is 0 Å². The predicted octanol–water partition coefficient (Wildman–Crippen LogP) is 1.74. The van der Waals surface area contributed by atoms with E-state index in [1.54, 1.807) is 6.07 Å². The molecule has 3 rings (SSSR count). The van der Waals surface area contributed by atoms with Crippen LogP contribution >= 0.6 is 0 Å². The normalized spacial score (nSPS) is 24.3. The van der Waals surface area contributed by atoms with Crippen LogP contribution in [0.15, 0.2) is 12.1 Å². The van der Waals surface area contributed by atoms with Gasteiger partial charge in [-0.25, -0.2) is 0 Å². The highest BCUT2D eigenvalue weighted by molar-refractivity contribution is 5.99. The maximum Gasteiger partial charge on any atom is 0.311 e. The van der Waals surface area contributed by atoms with Gasteiger partial charge in [-0.1, -0.05) is 0 Å². The van der Waals surface area contributed by atoms with Crippen molar-refractivity contribution in [1.82, 2.24) is 0 Å². The second kappa shape index (κ2) is 5.33. The zero-order valence-corrected chi connectivity index (χ0v) is 11.5. The Morgan fingerprint density at radius 2 is 2.19 bits per heavy atom. The molecule has 7 heteroatoms. The molecule has 0 bridgehead atoms. The molecule has 2 unspecified atom stereocenters. The molecule has 0 saturated heterocycles. The Hall–Kier alpha value is -2.15. The number of amides is 1. The lowest BCUT2D eigenvalue weighted by molar-refractivity contribution is -0.386. The van der Waals surface area contributed by atoms with Crippen LogP contribution < -0.4 is 15.8 Å². The first-order valence-corrected chi connectivity index (χ1v) is 7.06. The number of carbonyl (C=O) groups is 1. The summed E-state index contributed by atoms with van der Waals surface area (Å²) in [6.45, 7) is 0. The molecule has 1 amide bonds. The van der Waals surface area contributed by atoms with Gasteiger partial charge in [0.05, 0.1) is 11.3 Å². The summed E-state index contributed by atoms with van der Waals surface area (Å²) in [5, 5.41) is 13.9. The number of benzene rings is 1. The van der Waals surface area contributed by atoms with Crippen molar-refractivity contribution in [2.75, 3.05) is 5.32 Å². The Kier molecular flexibility index (Phi) is 3.50. The van der Waals surface area contributed by atoms with Crippen molar-refractivity contribution in [2.24, 2.45) is 5.73 Å². The van der Waals surface area contributed by atoms with Crippen molar-refractivity contribution in [2.45, 2.75) is 44.2 Å². The van der Waals surface area contributed by atoms with Crippen LogP contribution in [0.5, 0.6) is 5.75 Å². The molecule has 0 spiro atoms. The van der Waals surface area contributed by atoms with E-state index in [9.17, 15) is 14.9 Å². The molecule has 1 aliphatic heterocycles. The first-order valence-electron chi connectivity index (χ1n) is 7.06. The monoisotopic (exact) mass is 291 g/mol. The topological polar surface area (TPSA) is 107 Å². The van der Waals surface area contributed by atoms with Gasteiger partial charge in [-0.05, 0) is 31.2 Å². The Morgan fingerprint density at radius 1 is 1.38 bits per heavy atom. The highest BCUT2D eigenvalue weighted by Crippen LogP contribution is 2.37. The highest BCUT2D eigenvalue weighted by atomic mass is 16.6. The van der Waals surface area contributed by atoms with Gasteiger partial charge in [-0.15, -0.1) is 0 Å². The van der Waals surface area contributed by atoms with Gasteiger partial charge in [-0.2, -0.15) is 0 Å². The number of fused-ring (bicyclic) bond motifs is 1. The van der Waals surface area contributed by atoms with Crippen LogP contribution in [0.4, 0.5) is 11.4 Å². The van der Waals surface area contributed by atoms with Crippen molar-refractivity contribution >= 4 is 17.3 Å². The molecule has 1 aromatic carbocycles. The van der Waals surface area contributed by atoms with E-state index in [0.29, 0.717) is 17.7 Å². The number of anilines is 1. The lowest BCUT2D eigenvalue weighted by Gasteiger charge is -2.27. The molecule has 1 aliphatic carbocycles. The minimum atomic E-state index is -0.471. The summed E-state index contributed by atoms with van der Waals surface area (Å²) in [6, 6.07) is 3.06. The van der Waals surface area contributed by atoms with Crippen LogP contribution in [0, 0.1) is 10.1 Å². The second-order valence-corrected chi connectivity index (χ2v) is 5.63. The minimum absolute atomic E-state index is 0.0805. The molecule has 7 nitrogen and oxygen atoms in total. The van der Waals surface area contributed by atoms with Crippen LogP contribution in [-0.4, -0.2) is 23.0 Å². The molecule has 2 atom stereocenters. The highest BCUT2D eigenvalue weighted by Gasteiger charge is 2.28. The van der Waals surface area contributed by atoms with Gasteiger partial charge in [0.1, 0.15) is 6.10 Å². The predicted molar refractivity (Wildman–Crippen MR) is 76.3 cm³/mol. The molecule has 1 saturated carbocycles. The second-order valence-electron chi connectivity index (χ2n) is 5.63. The fraction of sp³-hybridized carbons (Fsp3) is 0.500. The third-order valence-corrected chi connectivity index (χ3v) is 3.97. The van der Waals surface area contributed by atoms with E-state index >= 15 is 0 Å². The summed E-state index contributed by atoms with van der Waals surface area (Å²) >= 11 is 0. The molecule has 0 aromatic heterocycles. The number of nitrogens with one attached hydrogen (secondary N) is 1. The Bertz CT molecular complexity index is 602. The van der Waals surface area contributed by atoms with Gasteiger partial charge in [0.15, 0.2) is 5.75 Å². The van der Waals surface area contributed by atoms with E-state index in [1.807, 2.05) is 0 Å². The molecular weight excluding hydrogens is 274 g/mol. The number of nitrogens with zero attached hydrogens (tertiary/aromatic N) is 1. The van der Waals surface area contributed by atoms with Gasteiger partial charge >= 0.3 is 5.69 Å². The molecule has 1 heterocycles. The lowest BCUT2D eigenvalue weighted by atomic mass is 9.93. The average Bonchev–Trinajstić information content (AvgIpc) is 2.76. The summed E-state index contributed by atoms with van der Waals surface area (Å²) in [5.41, 5.74) is 7.06. The van der Waals surface area contributed by atoms with Crippen molar-refractivity contribution < 1.29 is 14.5 Å². The van der Waals surface area contributed by atoms with Crippen molar-refractivity contribution in [3.05, 3.63) is 27.8 Å². The van der Waals surface area contributed by atoms with Crippen LogP contribution in [-0.2, 0) is 11.2 Å². The first kappa shape index (κ1) is 13.8. The number of nitrogens with two attached hydrogens (primary N) is 1. The molecule has 2 aliphatic rings. The summed E-state index contributed by atoms with van der Waals surface area (Å²) in [7, 11) is 0. The van der Waals surface area contributed by atoms with E-state index in [0.717, 1.165) is 19.3 Å². The Morgan fingerprint density at radius 3 is 2.90 bits per heavy atom. The summed E-state index contributed by atoms with van der Waals surface area (Å²) in [6.07, 6.45) is 3.52. The van der Waals surface area contributed by atoms with Gasteiger partial charge in [0, 0.05) is 23.9 Å². The maximum atomic E-state index is 11.4. The lowest BCUT2D eigenvalue weighted by Crippen LogP contribution is -2.33. The Labute approximate surface area is 121 Å². The molecular formula is C14H17N3O4. The largest absolute Gasteiger partial charge is 0.483 e. The zero-order valence-electron chi connectivity index (χ0n) is 11.5. The standard InChI is InChI=1S/C14H17N3O4/c15-9-2-1-3-10(6-9)21-13-7-11-8(5-14(18)16-11)4-12(13)17(19)20/h4,7,9-10H,1-3,5-6,15H2,(H,16,18). The van der Waals surface area contributed by atoms with Gasteiger partial charge in [0.25, 0.3) is 0 Å². The van der Waals surface area contributed by atoms with E-state index in [1.165, 1.54) is 6.07 Å². The van der Waals surface area contributed by atoms with E-state index in [-0.39, 0.29) is 35.9 Å². The fourth-order valence-electron chi connectivity index (χ4n) is 2.95.